The quantitative estimate of drug-likeness (QED) is 0.637. The molecule has 3 fully saturated rings. The van der Waals surface area contributed by atoms with E-state index < -0.39 is 0 Å². The molecule has 0 spiro atoms. The molecule has 5 rings (SSSR count). The monoisotopic (exact) mass is 541 g/mol. The van der Waals surface area contributed by atoms with Crippen LogP contribution < -0.4 is 15.0 Å². The number of methoxy groups -OCH3 is 1. The van der Waals surface area contributed by atoms with Crippen LogP contribution in [0.2, 0.25) is 0 Å². The highest BCUT2D eigenvalue weighted by Gasteiger charge is 2.36. The summed E-state index contributed by atoms with van der Waals surface area (Å²) in [5.74, 6) is 3.10. The number of thiazole rings is 1. The normalized spacial score (nSPS) is 23.4. The van der Waals surface area contributed by atoms with Gasteiger partial charge in [0.2, 0.25) is 5.91 Å². The van der Waals surface area contributed by atoms with Gasteiger partial charge in [-0.1, -0.05) is 11.3 Å². The summed E-state index contributed by atoms with van der Waals surface area (Å²) in [7, 11) is 1.70. The Morgan fingerprint density at radius 1 is 1.16 bits per heavy atom. The first-order chi connectivity index (χ1) is 14.2. The van der Waals surface area contributed by atoms with Crippen molar-refractivity contribution in [3.8, 4) is 5.75 Å². The van der Waals surface area contributed by atoms with Crippen LogP contribution in [0.15, 0.2) is 18.2 Å². The second-order valence-electron chi connectivity index (χ2n) is 7.84. The van der Waals surface area contributed by atoms with E-state index in [1.54, 1.807) is 18.4 Å². The van der Waals surface area contributed by atoms with Gasteiger partial charge in [0.25, 0.3) is 0 Å². The van der Waals surface area contributed by atoms with E-state index in [2.05, 4.69) is 21.2 Å². The van der Waals surface area contributed by atoms with Crippen molar-refractivity contribution in [1.29, 1.82) is 0 Å². The lowest BCUT2D eigenvalue weighted by molar-refractivity contribution is -0.131. The minimum absolute atomic E-state index is 0. The van der Waals surface area contributed by atoms with Crippen molar-refractivity contribution in [3.05, 3.63) is 18.2 Å². The lowest BCUT2D eigenvalue weighted by atomic mass is 10.1. The summed E-state index contributed by atoms with van der Waals surface area (Å²) in [6.45, 7) is 5.82. The van der Waals surface area contributed by atoms with Crippen molar-refractivity contribution < 1.29 is 9.53 Å². The first-order valence-electron chi connectivity index (χ1n) is 10.2. The molecule has 4 heterocycles. The van der Waals surface area contributed by atoms with Crippen LogP contribution in [0.1, 0.15) is 6.42 Å². The van der Waals surface area contributed by atoms with Crippen molar-refractivity contribution in [3.63, 3.8) is 0 Å². The maximum atomic E-state index is 12.7. The molecule has 180 valence electrons. The van der Waals surface area contributed by atoms with Gasteiger partial charge >= 0.3 is 0 Å². The number of ether oxygens (including phenoxy) is 1. The number of piperazine rings is 1. The molecule has 3 aliphatic rings. The predicted octanol–water partition coefficient (Wildman–Crippen LogP) is 2.96. The van der Waals surface area contributed by atoms with Crippen LogP contribution >= 0.6 is 60.3 Å². The molecule has 2 aromatic rings. The number of rotatable bonds is 4. The van der Waals surface area contributed by atoms with Gasteiger partial charge < -0.3 is 19.9 Å². The highest BCUT2D eigenvalue weighted by molar-refractivity contribution is 7.99. The second kappa shape index (κ2) is 12.1. The number of hydrogen-bond acceptors (Lipinski definition) is 8. The Bertz CT molecular complexity index is 891. The van der Waals surface area contributed by atoms with Gasteiger partial charge in [-0.05, 0) is 24.6 Å². The molecule has 7 nitrogen and oxygen atoms in total. The van der Waals surface area contributed by atoms with Gasteiger partial charge in [0.05, 0.1) is 29.2 Å². The number of fused-ring (bicyclic) bond motifs is 1. The van der Waals surface area contributed by atoms with Gasteiger partial charge in [0.1, 0.15) is 5.75 Å². The van der Waals surface area contributed by atoms with Gasteiger partial charge in [0.15, 0.2) is 5.13 Å². The number of carbonyl (C=O) groups is 1. The standard InChI is InChI=1S/C20H27N5O2S2.3ClH/c1-27-15-2-3-16-18(11-15)29-20(22-16)24-6-4-23(5-7-24)14-10-17(21-12-14)19(26)25-8-9-28-13-25;;;/h2-3,11,14,17,21H,4-10,12-13H2,1H3;3*1H/t14-,17-;;;/m0.../s1. The van der Waals surface area contributed by atoms with Crippen LogP contribution in [-0.2, 0) is 4.79 Å². The zero-order valence-electron chi connectivity index (χ0n) is 17.9. The third-order valence-corrected chi connectivity index (χ3v) is 8.20. The number of nitrogens with zero attached hydrogens (tertiary/aromatic N) is 4. The van der Waals surface area contributed by atoms with E-state index in [1.165, 1.54) is 4.70 Å². The Kier molecular flexibility index (Phi) is 10.5. The SMILES string of the molecule is COc1ccc2nc(N3CCN([C@@H]4CN[C@H](C(=O)N5CCSC5)C4)CC3)sc2c1.Cl.Cl.Cl. The summed E-state index contributed by atoms with van der Waals surface area (Å²) in [6, 6.07) is 6.52. The fourth-order valence-electron chi connectivity index (χ4n) is 4.42. The fourth-order valence-corrected chi connectivity index (χ4v) is 6.43. The first kappa shape index (κ1) is 27.6. The van der Waals surface area contributed by atoms with E-state index >= 15 is 0 Å². The summed E-state index contributed by atoms with van der Waals surface area (Å²) in [5, 5.41) is 4.57. The van der Waals surface area contributed by atoms with E-state index in [0.717, 1.165) is 73.7 Å². The molecule has 3 saturated heterocycles. The van der Waals surface area contributed by atoms with Crippen LogP contribution in [0.25, 0.3) is 10.2 Å². The van der Waals surface area contributed by atoms with Gasteiger partial charge in [0, 0.05) is 51.1 Å². The number of anilines is 1. The zero-order chi connectivity index (χ0) is 19.8. The molecule has 12 heteroatoms. The minimum atomic E-state index is -0.00373. The molecule has 0 bridgehead atoms. The van der Waals surface area contributed by atoms with Crippen LogP contribution in [0.5, 0.6) is 5.75 Å². The van der Waals surface area contributed by atoms with Crippen LogP contribution in [0.3, 0.4) is 0 Å². The van der Waals surface area contributed by atoms with Crippen molar-refractivity contribution in [1.82, 2.24) is 20.1 Å². The Hall–Kier alpha value is -0.680. The maximum absolute atomic E-state index is 12.7. The summed E-state index contributed by atoms with van der Waals surface area (Å²) < 4.78 is 6.50. The number of carbonyl (C=O) groups excluding carboxylic acids is 1. The Labute approximate surface area is 215 Å². The maximum Gasteiger partial charge on any atom is 0.240 e. The smallest absolute Gasteiger partial charge is 0.240 e. The van der Waals surface area contributed by atoms with Gasteiger partial charge in [-0.15, -0.1) is 49.0 Å². The molecule has 1 aromatic heterocycles. The summed E-state index contributed by atoms with van der Waals surface area (Å²) in [4.78, 5) is 24.4. The highest BCUT2D eigenvalue weighted by atomic mass is 35.5. The summed E-state index contributed by atoms with van der Waals surface area (Å²) in [5.41, 5.74) is 1.04. The lowest BCUT2D eigenvalue weighted by Gasteiger charge is -2.37. The molecule has 0 saturated carbocycles. The Morgan fingerprint density at radius 3 is 2.62 bits per heavy atom. The molecular formula is C20H30Cl3N5O2S2. The van der Waals surface area contributed by atoms with Crippen molar-refractivity contribution in [2.24, 2.45) is 0 Å². The van der Waals surface area contributed by atoms with E-state index in [0.29, 0.717) is 11.9 Å². The first-order valence-corrected chi connectivity index (χ1v) is 12.2. The molecule has 0 radical (unpaired) electrons. The van der Waals surface area contributed by atoms with Gasteiger partial charge in [-0.3, -0.25) is 9.69 Å². The average molecular weight is 543 g/mol. The largest absolute Gasteiger partial charge is 0.497 e. The van der Waals surface area contributed by atoms with Crippen molar-refractivity contribution in [2.45, 2.75) is 18.5 Å². The van der Waals surface area contributed by atoms with Crippen molar-refractivity contribution >= 4 is 81.6 Å². The predicted molar refractivity (Wildman–Crippen MR) is 141 cm³/mol. The fraction of sp³-hybridized carbons (Fsp3) is 0.600. The third kappa shape index (κ3) is 5.68. The van der Waals surface area contributed by atoms with E-state index in [9.17, 15) is 4.79 Å². The number of benzene rings is 1. The molecule has 3 aliphatic heterocycles. The molecule has 1 N–H and O–H groups in total. The lowest BCUT2D eigenvalue weighted by Crippen LogP contribution is -2.51. The molecule has 0 aliphatic carbocycles. The van der Waals surface area contributed by atoms with Crippen molar-refractivity contribution in [2.75, 3.05) is 62.9 Å². The Morgan fingerprint density at radius 2 is 1.94 bits per heavy atom. The number of amides is 1. The molecule has 32 heavy (non-hydrogen) atoms. The van der Waals surface area contributed by atoms with Crippen LogP contribution in [0.4, 0.5) is 5.13 Å². The summed E-state index contributed by atoms with van der Waals surface area (Å²) in [6.07, 6.45) is 0.931. The second-order valence-corrected chi connectivity index (χ2v) is 9.93. The number of thioether (sulfide) groups is 1. The minimum Gasteiger partial charge on any atom is -0.497 e. The van der Waals surface area contributed by atoms with E-state index in [-0.39, 0.29) is 43.3 Å². The molecule has 1 amide bonds. The number of halogens is 3. The van der Waals surface area contributed by atoms with E-state index in [1.807, 2.05) is 28.8 Å². The van der Waals surface area contributed by atoms with Gasteiger partial charge in [-0.25, -0.2) is 4.98 Å². The number of aromatic nitrogens is 1. The molecule has 1 aromatic carbocycles. The Balaban J connectivity index is 0.00000121. The van der Waals surface area contributed by atoms with E-state index in [4.69, 9.17) is 9.72 Å². The molecule has 2 atom stereocenters. The molecule has 0 unspecified atom stereocenters. The van der Waals surface area contributed by atoms with Crippen LogP contribution in [0, 0.1) is 0 Å². The topological polar surface area (TPSA) is 60.9 Å². The highest BCUT2D eigenvalue weighted by Crippen LogP contribution is 2.32. The number of nitrogens with one attached hydrogen (secondary N) is 1. The third-order valence-electron chi connectivity index (χ3n) is 6.16. The average Bonchev–Trinajstić information content (AvgIpc) is 3.53. The van der Waals surface area contributed by atoms with Gasteiger partial charge in [-0.2, -0.15) is 0 Å². The number of hydrogen-bond donors (Lipinski definition) is 1. The van der Waals surface area contributed by atoms with Crippen LogP contribution in [-0.4, -0.2) is 90.8 Å². The molecular weight excluding hydrogens is 513 g/mol. The summed E-state index contributed by atoms with van der Waals surface area (Å²) >= 11 is 3.59. The zero-order valence-corrected chi connectivity index (χ0v) is 22.0.